The maximum atomic E-state index is 12.7. The summed E-state index contributed by atoms with van der Waals surface area (Å²) in [7, 11) is -3.02. The van der Waals surface area contributed by atoms with Crippen LogP contribution in [0.1, 0.15) is 19.3 Å². The molecule has 1 aliphatic heterocycles. The van der Waals surface area contributed by atoms with Crippen LogP contribution in [0, 0.1) is 0 Å². The van der Waals surface area contributed by atoms with E-state index in [0.717, 1.165) is 12.8 Å². The normalized spacial score (nSPS) is 21.6. The minimum Gasteiger partial charge on any atom is -0.411 e. The summed E-state index contributed by atoms with van der Waals surface area (Å²) in [4.78, 5) is 18.5. The highest BCUT2D eigenvalue weighted by atomic mass is 32.2. The molecule has 0 radical (unpaired) electrons. The first-order valence-corrected chi connectivity index (χ1v) is 11.2. The molecule has 1 atom stereocenters. The zero-order valence-electron chi connectivity index (χ0n) is 13.9. The Morgan fingerprint density at radius 3 is 2.77 bits per heavy atom. The summed E-state index contributed by atoms with van der Waals surface area (Å²) in [6, 6.07) is 3.57. The monoisotopic (exact) mass is 394 g/mol. The van der Waals surface area contributed by atoms with Crippen molar-refractivity contribution in [3.8, 4) is 11.5 Å². The molecule has 0 spiro atoms. The zero-order chi connectivity index (χ0) is 18.1. The molecule has 3 heterocycles. The van der Waals surface area contributed by atoms with Gasteiger partial charge in [0, 0.05) is 24.5 Å². The van der Waals surface area contributed by atoms with Crippen molar-refractivity contribution in [2.24, 2.45) is 0 Å². The lowest BCUT2D eigenvalue weighted by Gasteiger charge is -2.28. The average molecular weight is 394 g/mol. The molecule has 1 saturated heterocycles. The number of aromatic nitrogens is 3. The molecule has 1 saturated carbocycles. The highest BCUT2D eigenvalue weighted by Crippen LogP contribution is 2.33. The second-order valence-corrected chi connectivity index (χ2v) is 9.65. The summed E-state index contributed by atoms with van der Waals surface area (Å²) in [6.07, 6.45) is 5.70. The Kier molecular flexibility index (Phi) is 4.70. The van der Waals surface area contributed by atoms with Crippen LogP contribution >= 0.6 is 11.8 Å². The van der Waals surface area contributed by atoms with Crippen LogP contribution in [0.3, 0.4) is 0 Å². The molecular formula is C16H18N4O4S2. The molecule has 8 nitrogen and oxygen atoms in total. The van der Waals surface area contributed by atoms with Gasteiger partial charge in [0.1, 0.15) is 0 Å². The Bertz CT molecular complexity index is 896. The largest absolute Gasteiger partial charge is 0.411 e. The van der Waals surface area contributed by atoms with Gasteiger partial charge in [0.2, 0.25) is 11.8 Å². The van der Waals surface area contributed by atoms with Crippen molar-refractivity contribution < 1.29 is 17.6 Å². The summed E-state index contributed by atoms with van der Waals surface area (Å²) in [5.41, 5.74) is 0.717. The average Bonchev–Trinajstić information content (AvgIpc) is 3.22. The summed E-state index contributed by atoms with van der Waals surface area (Å²) >= 11 is 1.17. The Morgan fingerprint density at radius 1 is 1.27 bits per heavy atom. The Morgan fingerprint density at radius 2 is 2.12 bits per heavy atom. The fraction of sp³-hybridized carbons (Fsp3) is 0.500. The number of carbonyl (C=O) groups is 1. The molecule has 10 heteroatoms. The zero-order valence-corrected chi connectivity index (χ0v) is 15.6. The Hall–Kier alpha value is -1.94. The van der Waals surface area contributed by atoms with Gasteiger partial charge in [-0.2, -0.15) is 0 Å². The standard InChI is InChI=1S/C16H18N4O4S2/c21-14(20(12-3-4-12)13-5-7-26(22,23)10-13)9-25-16-19-18-15(24-16)11-2-1-6-17-8-11/h1-2,6,8,12-13H,3-5,7,9-10H2/t13-/m1/s1. The van der Waals surface area contributed by atoms with E-state index in [0.29, 0.717) is 23.1 Å². The molecule has 0 unspecified atom stereocenters. The predicted molar refractivity (Wildman–Crippen MR) is 95.2 cm³/mol. The number of carbonyl (C=O) groups excluding carboxylic acids is 1. The molecule has 138 valence electrons. The number of amides is 1. The highest BCUT2D eigenvalue weighted by molar-refractivity contribution is 7.99. The van der Waals surface area contributed by atoms with Crippen LogP contribution in [-0.4, -0.2) is 63.7 Å². The lowest BCUT2D eigenvalue weighted by Crippen LogP contribution is -2.43. The summed E-state index contributed by atoms with van der Waals surface area (Å²) in [6.45, 7) is 0. The van der Waals surface area contributed by atoms with Gasteiger partial charge in [0.15, 0.2) is 9.84 Å². The molecule has 4 rings (SSSR count). The molecule has 26 heavy (non-hydrogen) atoms. The van der Waals surface area contributed by atoms with Crippen LogP contribution in [0.5, 0.6) is 0 Å². The molecular weight excluding hydrogens is 376 g/mol. The number of rotatable bonds is 6. The van der Waals surface area contributed by atoms with Gasteiger partial charge in [-0.3, -0.25) is 9.78 Å². The fourth-order valence-electron chi connectivity index (χ4n) is 3.12. The van der Waals surface area contributed by atoms with Gasteiger partial charge in [-0.1, -0.05) is 11.8 Å². The number of hydrogen-bond acceptors (Lipinski definition) is 8. The molecule has 0 bridgehead atoms. The van der Waals surface area contributed by atoms with E-state index >= 15 is 0 Å². The van der Waals surface area contributed by atoms with E-state index in [9.17, 15) is 13.2 Å². The van der Waals surface area contributed by atoms with Crippen LogP contribution < -0.4 is 0 Å². The van der Waals surface area contributed by atoms with Crippen molar-refractivity contribution in [3.05, 3.63) is 24.5 Å². The van der Waals surface area contributed by atoms with Crippen molar-refractivity contribution in [1.82, 2.24) is 20.1 Å². The molecule has 2 aromatic heterocycles. The van der Waals surface area contributed by atoms with E-state index < -0.39 is 9.84 Å². The smallest absolute Gasteiger partial charge is 0.277 e. The number of sulfone groups is 1. The van der Waals surface area contributed by atoms with Crippen LogP contribution in [0.15, 0.2) is 34.2 Å². The van der Waals surface area contributed by atoms with E-state index in [4.69, 9.17) is 4.42 Å². The van der Waals surface area contributed by atoms with E-state index in [1.807, 2.05) is 6.07 Å². The van der Waals surface area contributed by atoms with Crippen molar-refractivity contribution in [2.75, 3.05) is 17.3 Å². The maximum absolute atomic E-state index is 12.7. The van der Waals surface area contributed by atoms with E-state index in [1.165, 1.54) is 11.8 Å². The highest BCUT2D eigenvalue weighted by Gasteiger charge is 2.42. The number of thioether (sulfide) groups is 1. The molecule has 2 aromatic rings. The molecule has 2 fully saturated rings. The molecule has 2 aliphatic rings. The summed E-state index contributed by atoms with van der Waals surface area (Å²) in [5.74, 6) is 0.682. The Balaban J connectivity index is 1.39. The lowest BCUT2D eigenvalue weighted by atomic mass is 10.2. The van der Waals surface area contributed by atoms with Crippen molar-refractivity contribution in [3.63, 3.8) is 0 Å². The van der Waals surface area contributed by atoms with E-state index in [1.54, 1.807) is 23.4 Å². The molecule has 0 aromatic carbocycles. The second-order valence-electron chi connectivity index (χ2n) is 6.49. The van der Waals surface area contributed by atoms with Crippen molar-refractivity contribution in [2.45, 2.75) is 36.6 Å². The summed E-state index contributed by atoms with van der Waals surface area (Å²) < 4.78 is 29.1. The molecule has 1 amide bonds. The third-order valence-electron chi connectivity index (χ3n) is 4.46. The molecule has 1 aliphatic carbocycles. The number of pyridine rings is 1. The summed E-state index contributed by atoms with van der Waals surface area (Å²) in [5, 5.41) is 8.24. The van der Waals surface area contributed by atoms with Crippen molar-refractivity contribution >= 4 is 27.5 Å². The number of hydrogen-bond donors (Lipinski definition) is 0. The van der Waals surface area contributed by atoms with E-state index in [2.05, 4.69) is 15.2 Å². The quantitative estimate of drug-likeness (QED) is 0.677. The predicted octanol–water partition coefficient (Wildman–Crippen LogP) is 1.40. The van der Waals surface area contributed by atoms with Crippen LogP contribution in [-0.2, 0) is 14.6 Å². The SMILES string of the molecule is O=C(CSc1nnc(-c2cccnc2)o1)N(C1CC1)[C@@H]1CCS(=O)(=O)C1. The number of nitrogens with zero attached hydrogens (tertiary/aromatic N) is 4. The van der Waals surface area contributed by atoms with E-state index in [-0.39, 0.29) is 35.2 Å². The lowest BCUT2D eigenvalue weighted by molar-refractivity contribution is -0.130. The van der Waals surface area contributed by atoms with Gasteiger partial charge in [-0.05, 0) is 31.4 Å². The minimum atomic E-state index is -3.02. The van der Waals surface area contributed by atoms with Gasteiger partial charge in [-0.25, -0.2) is 8.42 Å². The topological polar surface area (TPSA) is 106 Å². The first-order valence-electron chi connectivity index (χ1n) is 8.40. The van der Waals surface area contributed by atoms with Crippen LogP contribution in [0.25, 0.3) is 11.5 Å². The third kappa shape index (κ3) is 3.90. The third-order valence-corrected chi connectivity index (χ3v) is 7.02. The minimum absolute atomic E-state index is 0.0688. The second kappa shape index (κ2) is 6.99. The maximum Gasteiger partial charge on any atom is 0.277 e. The van der Waals surface area contributed by atoms with Gasteiger partial charge >= 0.3 is 0 Å². The fourth-order valence-corrected chi connectivity index (χ4v) is 5.47. The first-order chi connectivity index (χ1) is 12.5. The van der Waals surface area contributed by atoms with Crippen LogP contribution in [0.4, 0.5) is 0 Å². The van der Waals surface area contributed by atoms with Gasteiger partial charge in [0.05, 0.1) is 22.8 Å². The van der Waals surface area contributed by atoms with Gasteiger partial charge < -0.3 is 9.32 Å². The van der Waals surface area contributed by atoms with Gasteiger partial charge in [-0.15, -0.1) is 10.2 Å². The first kappa shape index (κ1) is 17.5. The molecule has 0 N–H and O–H groups in total. The van der Waals surface area contributed by atoms with Crippen molar-refractivity contribution in [1.29, 1.82) is 0 Å². The van der Waals surface area contributed by atoms with Gasteiger partial charge in [0.25, 0.3) is 5.22 Å². The Labute approximate surface area is 155 Å². The van der Waals surface area contributed by atoms with Crippen LogP contribution in [0.2, 0.25) is 0 Å².